The predicted octanol–water partition coefficient (Wildman–Crippen LogP) is 4.26. The SMILES string of the molecule is O=C(O[C@H]1C[N+]2(CCOc3ccccc3)CCC1CC2)C1(O)c2ccccc2Oc2ccccc21. The first kappa shape index (κ1) is 22.1. The number of hydrogen-bond acceptors (Lipinski definition) is 5. The van der Waals surface area contributed by atoms with Crippen LogP contribution in [0.3, 0.4) is 0 Å². The quantitative estimate of drug-likeness (QED) is 0.429. The Morgan fingerprint density at radius 2 is 1.51 bits per heavy atom. The number of hydrogen-bond donors (Lipinski definition) is 1. The molecule has 7 rings (SSSR count). The third-order valence-electron chi connectivity index (χ3n) is 7.95. The summed E-state index contributed by atoms with van der Waals surface area (Å²) >= 11 is 0. The predicted molar refractivity (Wildman–Crippen MR) is 130 cm³/mol. The second-order valence-electron chi connectivity index (χ2n) is 9.94. The molecule has 3 aromatic carbocycles. The van der Waals surface area contributed by atoms with Crippen molar-refractivity contribution in [1.82, 2.24) is 0 Å². The molecule has 3 aromatic rings. The van der Waals surface area contributed by atoms with E-state index in [0.717, 1.165) is 49.3 Å². The number of aliphatic hydroxyl groups is 1. The molecular formula is C29H30NO5+. The van der Waals surface area contributed by atoms with Crippen molar-refractivity contribution in [3.63, 3.8) is 0 Å². The van der Waals surface area contributed by atoms with Crippen molar-refractivity contribution in [2.24, 2.45) is 5.92 Å². The van der Waals surface area contributed by atoms with Crippen LogP contribution in [0.25, 0.3) is 0 Å². The van der Waals surface area contributed by atoms with Gasteiger partial charge in [0, 0.05) is 29.9 Å². The summed E-state index contributed by atoms with van der Waals surface area (Å²) in [5.74, 6) is 1.52. The minimum Gasteiger partial charge on any atom is -0.488 e. The van der Waals surface area contributed by atoms with Gasteiger partial charge in [-0.1, -0.05) is 54.6 Å². The highest BCUT2D eigenvalue weighted by Crippen LogP contribution is 2.48. The van der Waals surface area contributed by atoms with Gasteiger partial charge in [0.05, 0.1) is 13.1 Å². The van der Waals surface area contributed by atoms with Crippen LogP contribution < -0.4 is 9.47 Å². The van der Waals surface area contributed by atoms with Crippen LogP contribution in [-0.2, 0) is 15.1 Å². The lowest BCUT2D eigenvalue weighted by Crippen LogP contribution is -2.65. The van der Waals surface area contributed by atoms with Crippen molar-refractivity contribution < 1.29 is 28.6 Å². The van der Waals surface area contributed by atoms with Gasteiger partial charge in [-0.25, -0.2) is 4.79 Å². The number of fused-ring (bicyclic) bond motifs is 5. The molecule has 4 aliphatic heterocycles. The molecule has 6 heteroatoms. The summed E-state index contributed by atoms with van der Waals surface area (Å²) in [7, 11) is 0. The van der Waals surface area contributed by atoms with Gasteiger partial charge in [0.15, 0.2) is 6.10 Å². The lowest BCUT2D eigenvalue weighted by molar-refractivity contribution is -0.946. The summed E-state index contributed by atoms with van der Waals surface area (Å²) in [6.45, 7) is 4.39. The zero-order valence-corrected chi connectivity index (χ0v) is 19.6. The maximum absolute atomic E-state index is 13.7. The van der Waals surface area contributed by atoms with Gasteiger partial charge in [-0.2, -0.15) is 0 Å². The number of quaternary nitrogens is 1. The highest BCUT2D eigenvalue weighted by molar-refractivity contribution is 5.88. The molecule has 1 N–H and O–H groups in total. The van der Waals surface area contributed by atoms with Gasteiger partial charge in [0.25, 0.3) is 0 Å². The minimum absolute atomic E-state index is 0.229. The van der Waals surface area contributed by atoms with Gasteiger partial charge in [0.2, 0.25) is 5.60 Å². The van der Waals surface area contributed by atoms with E-state index in [-0.39, 0.29) is 6.10 Å². The Labute approximate surface area is 205 Å². The number of nitrogens with zero attached hydrogens (tertiary/aromatic N) is 1. The summed E-state index contributed by atoms with van der Waals surface area (Å²) in [6.07, 6.45) is 1.80. The molecule has 35 heavy (non-hydrogen) atoms. The largest absolute Gasteiger partial charge is 0.488 e. The van der Waals surface area contributed by atoms with Crippen LogP contribution in [0.5, 0.6) is 17.2 Å². The fourth-order valence-corrected chi connectivity index (χ4v) is 5.96. The second kappa shape index (κ2) is 8.70. The Morgan fingerprint density at radius 1 is 0.914 bits per heavy atom. The molecule has 0 unspecified atom stereocenters. The standard InChI is InChI=1S/C29H30NO5/c31-28(29(32)23-10-4-6-12-25(23)34-26-13-7-5-11-24(26)29)35-27-20-30(16-14-21(27)15-17-30)18-19-33-22-8-2-1-3-9-22/h1-13,21,27,32H,14-20H2/q+1/t21?,27-,30?/m0/s1. The van der Waals surface area contributed by atoms with Crippen molar-refractivity contribution in [1.29, 1.82) is 0 Å². The smallest absolute Gasteiger partial charge is 0.348 e. The Hall–Kier alpha value is -3.35. The van der Waals surface area contributed by atoms with E-state index < -0.39 is 11.6 Å². The van der Waals surface area contributed by atoms with Crippen molar-refractivity contribution >= 4 is 5.97 Å². The van der Waals surface area contributed by atoms with Crippen molar-refractivity contribution in [2.75, 3.05) is 32.8 Å². The first-order valence-electron chi connectivity index (χ1n) is 12.4. The van der Waals surface area contributed by atoms with E-state index in [1.54, 1.807) is 36.4 Å². The van der Waals surface area contributed by atoms with Crippen LogP contribution in [0.15, 0.2) is 78.9 Å². The van der Waals surface area contributed by atoms with E-state index >= 15 is 0 Å². The van der Waals surface area contributed by atoms with E-state index in [4.69, 9.17) is 14.2 Å². The summed E-state index contributed by atoms with van der Waals surface area (Å²) < 4.78 is 19.0. The molecule has 0 aliphatic carbocycles. The maximum atomic E-state index is 13.7. The normalized spacial score (nSPS) is 25.6. The fraction of sp³-hybridized carbons (Fsp3) is 0.345. The third kappa shape index (κ3) is 3.87. The monoisotopic (exact) mass is 472 g/mol. The number of carbonyl (C=O) groups excluding carboxylic acids is 1. The number of para-hydroxylation sites is 3. The van der Waals surface area contributed by atoms with Crippen LogP contribution in [0.1, 0.15) is 24.0 Å². The van der Waals surface area contributed by atoms with Crippen LogP contribution in [0.4, 0.5) is 0 Å². The van der Waals surface area contributed by atoms with Crippen LogP contribution in [0, 0.1) is 5.92 Å². The molecule has 3 fully saturated rings. The van der Waals surface area contributed by atoms with E-state index in [2.05, 4.69) is 0 Å². The lowest BCUT2D eigenvalue weighted by atomic mass is 9.81. The van der Waals surface area contributed by atoms with Gasteiger partial charge < -0.3 is 23.8 Å². The van der Waals surface area contributed by atoms with Crippen molar-refractivity contribution in [2.45, 2.75) is 24.5 Å². The lowest BCUT2D eigenvalue weighted by Gasteiger charge is -2.52. The van der Waals surface area contributed by atoms with Gasteiger partial charge in [-0.15, -0.1) is 0 Å². The van der Waals surface area contributed by atoms with E-state index in [1.165, 1.54) is 0 Å². The van der Waals surface area contributed by atoms with Crippen molar-refractivity contribution in [3.8, 4) is 17.2 Å². The van der Waals surface area contributed by atoms with E-state index in [9.17, 15) is 9.90 Å². The van der Waals surface area contributed by atoms with Crippen molar-refractivity contribution in [3.05, 3.63) is 90.0 Å². The molecule has 4 heterocycles. The molecule has 4 aliphatic rings. The summed E-state index contributed by atoms with van der Waals surface area (Å²) in [5.41, 5.74) is -1.06. The number of ether oxygens (including phenoxy) is 3. The van der Waals surface area contributed by atoms with Crippen LogP contribution in [0.2, 0.25) is 0 Å². The molecule has 0 aromatic heterocycles. The molecule has 2 bridgehead atoms. The summed E-state index contributed by atoms with van der Waals surface area (Å²) in [4.78, 5) is 13.7. The van der Waals surface area contributed by atoms with E-state index in [1.807, 2.05) is 42.5 Å². The molecule has 0 spiro atoms. The van der Waals surface area contributed by atoms with Crippen LogP contribution >= 0.6 is 0 Å². The molecule has 3 saturated heterocycles. The first-order valence-corrected chi connectivity index (χ1v) is 12.4. The number of benzene rings is 3. The topological polar surface area (TPSA) is 65.0 Å². The molecule has 6 nitrogen and oxygen atoms in total. The number of esters is 1. The van der Waals surface area contributed by atoms with E-state index in [0.29, 0.717) is 35.2 Å². The van der Waals surface area contributed by atoms with Gasteiger partial charge in [-0.3, -0.25) is 0 Å². The van der Waals surface area contributed by atoms with Crippen LogP contribution in [-0.4, -0.2) is 54.4 Å². The minimum atomic E-state index is -1.90. The molecular weight excluding hydrogens is 442 g/mol. The molecule has 1 atom stereocenters. The zero-order valence-electron chi connectivity index (χ0n) is 19.6. The summed E-state index contributed by atoms with van der Waals surface area (Å²) in [6, 6.07) is 24.1. The average molecular weight is 473 g/mol. The molecule has 0 radical (unpaired) electrons. The maximum Gasteiger partial charge on any atom is 0.348 e. The van der Waals surface area contributed by atoms with Gasteiger partial charge in [0.1, 0.15) is 36.9 Å². The molecule has 180 valence electrons. The number of piperidine rings is 3. The third-order valence-corrected chi connectivity index (χ3v) is 7.95. The zero-order chi connectivity index (χ0) is 23.9. The number of carbonyl (C=O) groups is 1. The number of rotatable bonds is 6. The first-order chi connectivity index (χ1) is 17.1. The van der Waals surface area contributed by atoms with Gasteiger partial charge >= 0.3 is 5.97 Å². The summed E-state index contributed by atoms with van der Waals surface area (Å²) in [5, 5.41) is 11.9. The molecule has 0 amide bonds. The Bertz CT molecular complexity index is 1170. The second-order valence-corrected chi connectivity index (χ2v) is 9.94. The van der Waals surface area contributed by atoms with Gasteiger partial charge in [-0.05, 0) is 24.3 Å². The highest BCUT2D eigenvalue weighted by atomic mass is 16.6. The Morgan fingerprint density at radius 3 is 2.17 bits per heavy atom. The highest BCUT2D eigenvalue weighted by Gasteiger charge is 2.53. The molecule has 0 saturated carbocycles. The average Bonchev–Trinajstić information content (AvgIpc) is 2.90. The fourth-order valence-electron chi connectivity index (χ4n) is 5.96. The Kier molecular flexibility index (Phi) is 5.50. The Balaban J connectivity index is 1.21.